The van der Waals surface area contributed by atoms with Crippen molar-refractivity contribution in [3.63, 3.8) is 0 Å². The Morgan fingerprint density at radius 1 is 1.23 bits per heavy atom. The van der Waals surface area contributed by atoms with E-state index in [9.17, 15) is 19.5 Å². The average Bonchev–Trinajstić information content (AvgIpc) is 3.47. The number of aliphatic hydroxyl groups is 1. The summed E-state index contributed by atoms with van der Waals surface area (Å²) in [5, 5.41) is 15.7. The summed E-state index contributed by atoms with van der Waals surface area (Å²) in [6, 6.07) is 10.4. The van der Waals surface area contributed by atoms with Crippen LogP contribution in [0.2, 0.25) is 0 Å². The first-order valence-electron chi connectivity index (χ1n) is 8.50. The van der Waals surface area contributed by atoms with E-state index >= 15 is 0 Å². The molecule has 1 aliphatic carbocycles. The predicted octanol–water partition coefficient (Wildman–Crippen LogP) is 0.834. The van der Waals surface area contributed by atoms with Crippen molar-refractivity contribution in [2.24, 2.45) is 0 Å². The number of hydrogen-bond donors (Lipinski definition) is 3. The quantitative estimate of drug-likeness (QED) is 0.715. The number of carbonyl (C=O) groups excluding carboxylic acids is 2. The Kier molecular flexibility index (Phi) is 5.18. The molecule has 2 aromatic rings. The molecule has 1 fully saturated rings. The Morgan fingerprint density at radius 3 is 2.54 bits per heavy atom. The van der Waals surface area contributed by atoms with E-state index in [0.717, 1.165) is 12.8 Å². The molecule has 1 saturated carbocycles. The summed E-state index contributed by atoms with van der Waals surface area (Å²) in [5.41, 5.74) is 0.183. The van der Waals surface area contributed by atoms with Crippen molar-refractivity contribution in [2.75, 3.05) is 7.05 Å². The number of hydrogen-bond acceptors (Lipinski definition) is 4. The van der Waals surface area contributed by atoms with E-state index in [0.29, 0.717) is 5.56 Å². The van der Waals surface area contributed by atoms with Crippen LogP contribution in [-0.4, -0.2) is 34.6 Å². The summed E-state index contributed by atoms with van der Waals surface area (Å²) >= 11 is 0. The van der Waals surface area contributed by atoms with Crippen molar-refractivity contribution >= 4 is 11.8 Å². The lowest BCUT2D eigenvalue weighted by atomic mass is 10.1. The fraction of sp³-hybridized carbons (Fsp3) is 0.316. The molecule has 26 heavy (non-hydrogen) atoms. The van der Waals surface area contributed by atoms with Gasteiger partial charge in [-0.25, -0.2) is 0 Å². The van der Waals surface area contributed by atoms with Gasteiger partial charge in [0.2, 0.25) is 0 Å². The van der Waals surface area contributed by atoms with Gasteiger partial charge < -0.3 is 20.3 Å². The summed E-state index contributed by atoms with van der Waals surface area (Å²) in [6.07, 6.45) is 2.31. The molecule has 1 atom stereocenters. The minimum absolute atomic E-state index is 0.0581. The topological polar surface area (TPSA) is 100 Å². The average molecular weight is 355 g/mol. The van der Waals surface area contributed by atoms with E-state index in [2.05, 4.69) is 10.6 Å². The molecule has 7 nitrogen and oxygen atoms in total. The van der Waals surface area contributed by atoms with Crippen LogP contribution >= 0.6 is 0 Å². The number of nitrogens with one attached hydrogen (secondary N) is 2. The van der Waals surface area contributed by atoms with Crippen molar-refractivity contribution in [1.29, 1.82) is 0 Å². The van der Waals surface area contributed by atoms with E-state index in [1.807, 2.05) is 6.07 Å². The van der Waals surface area contributed by atoms with Gasteiger partial charge in [0.15, 0.2) is 0 Å². The molecular formula is C19H21N3O4. The molecule has 1 aromatic carbocycles. The van der Waals surface area contributed by atoms with Gasteiger partial charge in [-0.3, -0.25) is 14.4 Å². The Balaban J connectivity index is 1.95. The zero-order chi connectivity index (χ0) is 18.7. The number of amides is 2. The van der Waals surface area contributed by atoms with Crippen molar-refractivity contribution in [3.05, 3.63) is 69.6 Å². The maximum Gasteiger partial charge on any atom is 0.263 e. The van der Waals surface area contributed by atoms with Gasteiger partial charge in [0.05, 0.1) is 18.2 Å². The Bertz CT molecular complexity index is 872. The van der Waals surface area contributed by atoms with Gasteiger partial charge in [-0.2, -0.15) is 0 Å². The minimum Gasteiger partial charge on any atom is -0.387 e. The van der Waals surface area contributed by atoms with Crippen LogP contribution in [0.1, 0.15) is 45.2 Å². The fourth-order valence-corrected chi connectivity index (χ4v) is 2.66. The first-order valence-corrected chi connectivity index (χ1v) is 8.50. The second kappa shape index (κ2) is 7.53. The highest BCUT2D eigenvalue weighted by Crippen LogP contribution is 2.19. The standard InChI is InChI=1S/C19H21N3O4/c1-20-18(25)15-9-13(17(24)21-14-7-8-14)10-22(19(15)26)11-16(23)12-5-3-2-4-6-12/h2-6,9-10,14,16,23H,7-8,11H2,1H3,(H,20,25)(H,21,24). The lowest BCUT2D eigenvalue weighted by Crippen LogP contribution is -2.35. The molecule has 3 rings (SSSR count). The maximum atomic E-state index is 12.6. The molecule has 0 radical (unpaired) electrons. The molecule has 0 aliphatic heterocycles. The number of benzene rings is 1. The smallest absolute Gasteiger partial charge is 0.263 e. The Hall–Kier alpha value is -2.93. The van der Waals surface area contributed by atoms with E-state index in [1.54, 1.807) is 24.3 Å². The Labute approximate surface area is 150 Å². The Morgan fingerprint density at radius 2 is 1.92 bits per heavy atom. The third kappa shape index (κ3) is 4.00. The lowest BCUT2D eigenvalue weighted by molar-refractivity contribution is 0.0949. The molecule has 2 amide bonds. The van der Waals surface area contributed by atoms with Crippen molar-refractivity contribution in [2.45, 2.75) is 31.5 Å². The number of aliphatic hydroxyl groups excluding tert-OH is 1. The fourth-order valence-electron chi connectivity index (χ4n) is 2.66. The monoisotopic (exact) mass is 355 g/mol. The molecule has 3 N–H and O–H groups in total. The second-order valence-corrected chi connectivity index (χ2v) is 6.35. The summed E-state index contributed by atoms with van der Waals surface area (Å²) in [6.45, 7) is -0.0581. The highest BCUT2D eigenvalue weighted by molar-refractivity contribution is 5.99. The molecule has 0 bridgehead atoms. The first kappa shape index (κ1) is 17.9. The van der Waals surface area contributed by atoms with E-state index in [-0.39, 0.29) is 29.6 Å². The first-order chi connectivity index (χ1) is 12.5. The SMILES string of the molecule is CNC(=O)c1cc(C(=O)NC2CC2)cn(CC(O)c2ccccc2)c1=O. The predicted molar refractivity (Wildman–Crippen MR) is 96.0 cm³/mol. The molecule has 1 heterocycles. The van der Waals surface area contributed by atoms with Crippen LogP contribution in [0.4, 0.5) is 0 Å². The summed E-state index contributed by atoms with van der Waals surface area (Å²) < 4.78 is 1.21. The molecule has 7 heteroatoms. The summed E-state index contributed by atoms with van der Waals surface area (Å²) in [4.78, 5) is 37.0. The van der Waals surface area contributed by atoms with Crippen molar-refractivity contribution < 1.29 is 14.7 Å². The van der Waals surface area contributed by atoms with Crippen LogP contribution in [0.25, 0.3) is 0 Å². The molecule has 1 aromatic heterocycles. The minimum atomic E-state index is -0.937. The maximum absolute atomic E-state index is 12.6. The number of nitrogens with zero attached hydrogens (tertiary/aromatic N) is 1. The summed E-state index contributed by atoms with van der Waals surface area (Å²) in [7, 11) is 1.42. The largest absolute Gasteiger partial charge is 0.387 e. The molecule has 136 valence electrons. The van der Waals surface area contributed by atoms with Gasteiger partial charge in [-0.15, -0.1) is 0 Å². The van der Waals surface area contributed by atoms with Crippen LogP contribution in [0.5, 0.6) is 0 Å². The third-order valence-electron chi connectivity index (χ3n) is 4.29. The van der Waals surface area contributed by atoms with Crippen LogP contribution in [0, 0.1) is 0 Å². The van der Waals surface area contributed by atoms with Crippen LogP contribution < -0.4 is 16.2 Å². The van der Waals surface area contributed by atoms with Gasteiger partial charge >= 0.3 is 0 Å². The number of rotatable bonds is 6. The molecular weight excluding hydrogens is 334 g/mol. The van der Waals surface area contributed by atoms with E-state index in [1.165, 1.54) is 23.9 Å². The van der Waals surface area contributed by atoms with Crippen LogP contribution in [0.3, 0.4) is 0 Å². The van der Waals surface area contributed by atoms with Crippen LogP contribution in [0.15, 0.2) is 47.4 Å². The number of carbonyl (C=O) groups is 2. The van der Waals surface area contributed by atoms with Gasteiger partial charge in [-0.1, -0.05) is 30.3 Å². The van der Waals surface area contributed by atoms with Crippen molar-refractivity contribution in [3.8, 4) is 0 Å². The molecule has 0 saturated heterocycles. The van der Waals surface area contributed by atoms with Crippen molar-refractivity contribution in [1.82, 2.24) is 15.2 Å². The van der Waals surface area contributed by atoms with Gasteiger partial charge in [0.1, 0.15) is 5.56 Å². The third-order valence-corrected chi connectivity index (χ3v) is 4.29. The zero-order valence-electron chi connectivity index (χ0n) is 14.4. The summed E-state index contributed by atoms with van der Waals surface area (Å²) in [5.74, 6) is -0.903. The van der Waals surface area contributed by atoms with E-state index in [4.69, 9.17) is 0 Å². The van der Waals surface area contributed by atoms with Gasteiger partial charge in [0, 0.05) is 19.3 Å². The zero-order valence-corrected chi connectivity index (χ0v) is 14.4. The van der Waals surface area contributed by atoms with Crippen LogP contribution in [-0.2, 0) is 6.54 Å². The van der Waals surface area contributed by atoms with E-state index < -0.39 is 17.6 Å². The normalized spacial score (nSPS) is 14.5. The number of pyridine rings is 1. The lowest BCUT2D eigenvalue weighted by Gasteiger charge is -2.15. The number of aromatic nitrogens is 1. The highest BCUT2D eigenvalue weighted by Gasteiger charge is 2.25. The molecule has 0 spiro atoms. The second-order valence-electron chi connectivity index (χ2n) is 6.35. The molecule has 1 unspecified atom stereocenters. The van der Waals surface area contributed by atoms with Gasteiger partial charge in [0.25, 0.3) is 17.4 Å². The highest BCUT2D eigenvalue weighted by atomic mass is 16.3. The van der Waals surface area contributed by atoms with Gasteiger partial charge in [-0.05, 0) is 24.5 Å². The molecule has 1 aliphatic rings.